The SMILES string of the molecule is Cc1ccc(Nc2nc(C(C)C)cs2)cc1. The Morgan fingerprint density at radius 1 is 1.19 bits per heavy atom. The first-order chi connectivity index (χ1) is 7.65. The van der Waals surface area contributed by atoms with Crippen LogP contribution in [0.25, 0.3) is 0 Å². The molecule has 2 nitrogen and oxygen atoms in total. The van der Waals surface area contributed by atoms with Crippen LogP contribution in [-0.4, -0.2) is 4.98 Å². The Morgan fingerprint density at radius 2 is 1.88 bits per heavy atom. The van der Waals surface area contributed by atoms with Crippen molar-refractivity contribution in [1.29, 1.82) is 0 Å². The summed E-state index contributed by atoms with van der Waals surface area (Å²) in [4.78, 5) is 4.53. The molecule has 16 heavy (non-hydrogen) atoms. The molecule has 1 heterocycles. The molecule has 2 aromatic rings. The molecule has 0 amide bonds. The Hall–Kier alpha value is -1.35. The van der Waals surface area contributed by atoms with E-state index in [1.54, 1.807) is 11.3 Å². The fourth-order valence-corrected chi connectivity index (χ4v) is 2.26. The summed E-state index contributed by atoms with van der Waals surface area (Å²) in [5.74, 6) is 0.491. The van der Waals surface area contributed by atoms with Crippen LogP contribution in [0.1, 0.15) is 31.0 Å². The molecule has 1 N–H and O–H groups in total. The Kier molecular flexibility index (Phi) is 3.25. The largest absolute Gasteiger partial charge is 0.332 e. The van der Waals surface area contributed by atoms with Crippen LogP contribution in [0.5, 0.6) is 0 Å². The summed E-state index contributed by atoms with van der Waals surface area (Å²) < 4.78 is 0. The molecule has 84 valence electrons. The molecule has 0 spiro atoms. The molecule has 0 aliphatic carbocycles. The number of aromatic nitrogens is 1. The molecule has 0 unspecified atom stereocenters. The third-order valence-corrected chi connectivity index (χ3v) is 3.19. The van der Waals surface area contributed by atoms with Crippen molar-refractivity contribution in [2.45, 2.75) is 26.7 Å². The lowest BCUT2D eigenvalue weighted by molar-refractivity contribution is 0.834. The van der Waals surface area contributed by atoms with Crippen LogP contribution in [-0.2, 0) is 0 Å². The summed E-state index contributed by atoms with van der Waals surface area (Å²) >= 11 is 1.65. The zero-order valence-corrected chi connectivity index (χ0v) is 10.6. The van der Waals surface area contributed by atoms with Crippen molar-refractivity contribution >= 4 is 22.2 Å². The minimum Gasteiger partial charge on any atom is -0.332 e. The number of aryl methyl sites for hydroxylation is 1. The summed E-state index contributed by atoms with van der Waals surface area (Å²) in [6, 6.07) is 8.34. The van der Waals surface area contributed by atoms with E-state index in [1.807, 2.05) is 0 Å². The van der Waals surface area contributed by atoms with E-state index in [0.29, 0.717) is 5.92 Å². The molecule has 3 heteroatoms. The first-order valence-corrected chi connectivity index (χ1v) is 6.32. The average molecular weight is 232 g/mol. The highest BCUT2D eigenvalue weighted by Gasteiger charge is 2.05. The van der Waals surface area contributed by atoms with Gasteiger partial charge in [0.1, 0.15) is 0 Å². The summed E-state index contributed by atoms with van der Waals surface area (Å²) in [5.41, 5.74) is 3.52. The number of anilines is 2. The highest BCUT2D eigenvalue weighted by atomic mass is 32.1. The maximum atomic E-state index is 4.53. The second-order valence-electron chi connectivity index (χ2n) is 4.22. The van der Waals surface area contributed by atoms with Crippen LogP contribution in [0.3, 0.4) is 0 Å². The van der Waals surface area contributed by atoms with E-state index < -0.39 is 0 Å². The van der Waals surface area contributed by atoms with Gasteiger partial charge >= 0.3 is 0 Å². The van der Waals surface area contributed by atoms with Gasteiger partial charge in [-0.3, -0.25) is 0 Å². The predicted molar refractivity (Wildman–Crippen MR) is 70.7 cm³/mol. The lowest BCUT2D eigenvalue weighted by Crippen LogP contribution is -1.91. The molecule has 0 radical (unpaired) electrons. The maximum absolute atomic E-state index is 4.53. The number of benzene rings is 1. The third kappa shape index (κ3) is 2.61. The van der Waals surface area contributed by atoms with Gasteiger partial charge in [-0.25, -0.2) is 4.98 Å². The smallest absolute Gasteiger partial charge is 0.187 e. The summed E-state index contributed by atoms with van der Waals surface area (Å²) in [7, 11) is 0. The van der Waals surface area contributed by atoms with Crippen molar-refractivity contribution in [3.05, 3.63) is 40.9 Å². The zero-order chi connectivity index (χ0) is 11.5. The van der Waals surface area contributed by atoms with E-state index in [4.69, 9.17) is 0 Å². The van der Waals surface area contributed by atoms with Gasteiger partial charge in [-0.2, -0.15) is 0 Å². The molecule has 2 rings (SSSR count). The topological polar surface area (TPSA) is 24.9 Å². The Balaban J connectivity index is 2.11. The van der Waals surface area contributed by atoms with Gasteiger partial charge in [-0.1, -0.05) is 31.5 Å². The summed E-state index contributed by atoms with van der Waals surface area (Å²) in [6.45, 7) is 6.40. The molecule has 0 aliphatic heterocycles. The van der Waals surface area contributed by atoms with Crippen molar-refractivity contribution in [1.82, 2.24) is 4.98 Å². The van der Waals surface area contributed by atoms with E-state index in [2.05, 4.69) is 60.7 Å². The number of nitrogens with zero attached hydrogens (tertiary/aromatic N) is 1. The highest BCUT2D eigenvalue weighted by Crippen LogP contribution is 2.24. The fourth-order valence-electron chi connectivity index (χ4n) is 1.37. The molecule has 0 fully saturated rings. The van der Waals surface area contributed by atoms with Crippen LogP contribution in [0.4, 0.5) is 10.8 Å². The van der Waals surface area contributed by atoms with Gasteiger partial charge in [-0.05, 0) is 25.0 Å². The number of hydrogen-bond acceptors (Lipinski definition) is 3. The normalized spacial score (nSPS) is 10.8. The van der Waals surface area contributed by atoms with Gasteiger partial charge in [0.2, 0.25) is 0 Å². The first-order valence-electron chi connectivity index (χ1n) is 5.44. The van der Waals surface area contributed by atoms with Crippen molar-refractivity contribution in [2.24, 2.45) is 0 Å². The number of rotatable bonds is 3. The molecular formula is C13H16N2S. The van der Waals surface area contributed by atoms with Crippen molar-refractivity contribution in [3.63, 3.8) is 0 Å². The summed E-state index contributed by atoms with van der Waals surface area (Å²) in [5, 5.41) is 6.39. The van der Waals surface area contributed by atoms with Crippen LogP contribution < -0.4 is 5.32 Å². The van der Waals surface area contributed by atoms with Gasteiger partial charge in [0.15, 0.2) is 5.13 Å². The van der Waals surface area contributed by atoms with Crippen molar-refractivity contribution in [2.75, 3.05) is 5.32 Å². The lowest BCUT2D eigenvalue weighted by atomic mass is 10.2. The molecule has 0 saturated heterocycles. The Labute approximate surface area is 100 Å². The van der Waals surface area contributed by atoms with Crippen molar-refractivity contribution < 1.29 is 0 Å². The minimum atomic E-state index is 0.491. The fraction of sp³-hybridized carbons (Fsp3) is 0.308. The van der Waals surface area contributed by atoms with E-state index in [0.717, 1.165) is 16.5 Å². The Morgan fingerprint density at radius 3 is 2.44 bits per heavy atom. The molecule has 0 bridgehead atoms. The third-order valence-electron chi connectivity index (χ3n) is 2.42. The standard InChI is InChI=1S/C13H16N2S/c1-9(2)12-8-16-13(15-12)14-11-6-4-10(3)5-7-11/h4-9H,1-3H3,(H,14,15). The van der Waals surface area contributed by atoms with E-state index >= 15 is 0 Å². The predicted octanol–water partition coefficient (Wildman–Crippen LogP) is 4.32. The number of thiazole rings is 1. The monoisotopic (exact) mass is 232 g/mol. The molecule has 0 atom stereocenters. The van der Waals surface area contributed by atoms with Crippen LogP contribution in [0.15, 0.2) is 29.6 Å². The Bertz CT molecular complexity index is 457. The van der Waals surface area contributed by atoms with Crippen LogP contribution >= 0.6 is 11.3 Å². The second kappa shape index (κ2) is 4.66. The minimum absolute atomic E-state index is 0.491. The number of nitrogens with one attached hydrogen (secondary N) is 1. The van der Waals surface area contributed by atoms with E-state index in [9.17, 15) is 0 Å². The van der Waals surface area contributed by atoms with Gasteiger partial charge in [0, 0.05) is 11.1 Å². The molecular weight excluding hydrogens is 216 g/mol. The first kappa shape index (κ1) is 11.1. The van der Waals surface area contributed by atoms with Crippen molar-refractivity contribution in [3.8, 4) is 0 Å². The van der Waals surface area contributed by atoms with Gasteiger partial charge in [0.05, 0.1) is 5.69 Å². The highest BCUT2D eigenvalue weighted by molar-refractivity contribution is 7.13. The van der Waals surface area contributed by atoms with Crippen LogP contribution in [0.2, 0.25) is 0 Å². The molecule has 1 aromatic heterocycles. The van der Waals surface area contributed by atoms with Gasteiger partial charge in [0.25, 0.3) is 0 Å². The zero-order valence-electron chi connectivity index (χ0n) is 9.82. The lowest BCUT2D eigenvalue weighted by Gasteiger charge is -2.02. The second-order valence-corrected chi connectivity index (χ2v) is 5.08. The van der Waals surface area contributed by atoms with E-state index in [-0.39, 0.29) is 0 Å². The quantitative estimate of drug-likeness (QED) is 0.852. The molecule has 1 aromatic carbocycles. The van der Waals surface area contributed by atoms with Crippen LogP contribution in [0, 0.1) is 6.92 Å². The maximum Gasteiger partial charge on any atom is 0.187 e. The van der Waals surface area contributed by atoms with Gasteiger partial charge in [-0.15, -0.1) is 11.3 Å². The van der Waals surface area contributed by atoms with Gasteiger partial charge < -0.3 is 5.32 Å². The summed E-state index contributed by atoms with van der Waals surface area (Å²) in [6.07, 6.45) is 0. The average Bonchev–Trinajstić information content (AvgIpc) is 2.70. The number of hydrogen-bond donors (Lipinski definition) is 1. The molecule has 0 aliphatic rings. The van der Waals surface area contributed by atoms with E-state index in [1.165, 1.54) is 5.56 Å². The molecule has 0 saturated carbocycles.